The first-order chi connectivity index (χ1) is 30.1. The molecule has 2 aliphatic rings. The van der Waals surface area contributed by atoms with Crippen molar-refractivity contribution in [2.45, 2.75) is 83.0 Å². The standard InChI is InChI=1S/C26H27NO5.C25H25NO5/c1-4-31-25(30)18-12-13-21-20(15-18)22(23(28)26(2,3)32-21)19-11-8-14-27(24(19)29)16-17-9-6-5-7-10-17;1-25(2)22(27)21(19-14-17(24(29)30-3)11-12-20(19)31-25)18-10-7-13-26(23(18)28)15-16-8-5-4-6-9-16/h5-15,22-23,28H,4,16H2,1-3H3;4-14,21-22,27H,15H2,1-3H3. The minimum absolute atomic E-state index is 0.189. The average Bonchev–Trinajstić information content (AvgIpc) is 3.27. The van der Waals surface area contributed by atoms with Crippen molar-refractivity contribution in [3.8, 4) is 11.5 Å². The second-order valence-corrected chi connectivity index (χ2v) is 16.7. The molecular weight excluding hydrogens is 801 g/mol. The van der Waals surface area contributed by atoms with Gasteiger partial charge < -0.3 is 38.3 Å². The molecule has 0 radical (unpaired) electrons. The summed E-state index contributed by atoms with van der Waals surface area (Å²) in [6.07, 6.45) is 1.49. The van der Waals surface area contributed by atoms with Crippen LogP contribution in [0.15, 0.2) is 143 Å². The number of carbonyl (C=O) groups is 2. The zero-order valence-electron chi connectivity index (χ0n) is 36.2. The van der Waals surface area contributed by atoms with Crippen LogP contribution in [0.5, 0.6) is 11.5 Å². The Morgan fingerprint density at radius 1 is 0.587 bits per heavy atom. The highest BCUT2D eigenvalue weighted by Gasteiger charge is 2.46. The van der Waals surface area contributed by atoms with Crippen LogP contribution in [0.1, 0.15) is 101 Å². The summed E-state index contributed by atoms with van der Waals surface area (Å²) >= 11 is 0. The number of carbonyl (C=O) groups excluding carboxylic acids is 2. The normalized spacial score (nSPS) is 19.1. The fraction of sp³-hybridized carbons (Fsp3) is 0.294. The Labute approximate surface area is 365 Å². The number of hydrogen-bond acceptors (Lipinski definition) is 10. The monoisotopic (exact) mass is 852 g/mol. The lowest BCUT2D eigenvalue weighted by molar-refractivity contribution is -0.0514. The summed E-state index contributed by atoms with van der Waals surface area (Å²) < 4.78 is 25.3. The van der Waals surface area contributed by atoms with Gasteiger partial charge in [0.05, 0.1) is 37.9 Å². The molecule has 8 rings (SSSR count). The molecule has 12 nitrogen and oxygen atoms in total. The number of fused-ring (bicyclic) bond motifs is 2. The van der Waals surface area contributed by atoms with Gasteiger partial charge in [0.25, 0.3) is 11.1 Å². The van der Waals surface area contributed by atoms with Crippen LogP contribution in [0.25, 0.3) is 0 Å². The Morgan fingerprint density at radius 3 is 1.40 bits per heavy atom. The molecule has 4 unspecified atom stereocenters. The van der Waals surface area contributed by atoms with Crippen LogP contribution in [0.2, 0.25) is 0 Å². The van der Waals surface area contributed by atoms with Crippen LogP contribution in [-0.2, 0) is 22.6 Å². The van der Waals surface area contributed by atoms with E-state index < -0.39 is 47.2 Å². The van der Waals surface area contributed by atoms with Crippen molar-refractivity contribution < 1.29 is 38.7 Å². The predicted molar refractivity (Wildman–Crippen MR) is 238 cm³/mol. The number of pyridine rings is 2. The Kier molecular flexibility index (Phi) is 12.9. The van der Waals surface area contributed by atoms with E-state index in [0.717, 1.165) is 11.1 Å². The van der Waals surface area contributed by atoms with Gasteiger partial charge in [0.2, 0.25) is 0 Å². The number of hydrogen-bond donors (Lipinski definition) is 2. The summed E-state index contributed by atoms with van der Waals surface area (Å²) in [6, 6.07) is 36.5. The first-order valence-corrected chi connectivity index (χ1v) is 20.9. The maximum absolute atomic E-state index is 13.5. The first-order valence-electron chi connectivity index (χ1n) is 20.9. The molecule has 0 bridgehead atoms. The highest BCUT2D eigenvalue weighted by molar-refractivity contribution is 5.90. The molecule has 0 fully saturated rings. The van der Waals surface area contributed by atoms with E-state index in [9.17, 15) is 29.4 Å². The lowest BCUT2D eigenvalue weighted by atomic mass is 9.77. The van der Waals surface area contributed by atoms with E-state index in [0.29, 0.717) is 58.0 Å². The molecular formula is C51H52N2O10. The summed E-state index contributed by atoms with van der Waals surface area (Å²) in [5.74, 6) is -1.18. The third kappa shape index (κ3) is 9.23. The van der Waals surface area contributed by atoms with Crippen molar-refractivity contribution in [1.82, 2.24) is 9.13 Å². The van der Waals surface area contributed by atoms with Gasteiger partial charge in [0.1, 0.15) is 34.9 Å². The molecule has 2 aliphatic heterocycles. The number of esters is 2. The summed E-state index contributed by atoms with van der Waals surface area (Å²) in [5, 5.41) is 22.4. The lowest BCUT2D eigenvalue weighted by Gasteiger charge is -2.42. The highest BCUT2D eigenvalue weighted by atomic mass is 16.5. The van der Waals surface area contributed by atoms with E-state index in [4.69, 9.17) is 18.9 Å². The molecule has 6 aromatic rings. The van der Waals surface area contributed by atoms with Gasteiger partial charge in [-0.15, -0.1) is 0 Å². The molecule has 0 saturated carbocycles. The van der Waals surface area contributed by atoms with E-state index in [-0.39, 0.29) is 17.7 Å². The fourth-order valence-corrected chi connectivity index (χ4v) is 8.25. The van der Waals surface area contributed by atoms with Gasteiger partial charge >= 0.3 is 11.9 Å². The minimum Gasteiger partial charge on any atom is -0.485 e. The molecule has 2 aromatic heterocycles. The van der Waals surface area contributed by atoms with Crippen LogP contribution >= 0.6 is 0 Å². The maximum Gasteiger partial charge on any atom is 0.338 e. The summed E-state index contributed by atoms with van der Waals surface area (Å²) in [6.45, 7) is 10.00. The smallest absolute Gasteiger partial charge is 0.338 e. The molecule has 0 amide bonds. The van der Waals surface area contributed by atoms with Crippen LogP contribution in [-0.4, -0.2) is 68.4 Å². The lowest BCUT2D eigenvalue weighted by Crippen LogP contribution is -2.50. The summed E-state index contributed by atoms with van der Waals surface area (Å²) in [4.78, 5) is 51.3. The molecule has 4 atom stereocenters. The van der Waals surface area contributed by atoms with E-state index in [1.54, 1.807) is 111 Å². The SMILES string of the molecule is CCOC(=O)c1ccc2c(c1)C(c1cccn(Cc3ccccc3)c1=O)C(O)C(C)(C)O2.COC(=O)c1ccc2c(c1)C(c1cccn(Cc3ccccc3)c1=O)C(O)C(C)(C)O2. The molecule has 0 spiro atoms. The van der Waals surface area contributed by atoms with Crippen LogP contribution in [0, 0.1) is 0 Å². The average molecular weight is 853 g/mol. The van der Waals surface area contributed by atoms with Crippen molar-refractivity contribution in [2.75, 3.05) is 13.7 Å². The Hall–Kier alpha value is -6.76. The Morgan fingerprint density at radius 2 is 1.00 bits per heavy atom. The number of ether oxygens (including phenoxy) is 4. The van der Waals surface area contributed by atoms with Crippen molar-refractivity contribution in [3.63, 3.8) is 0 Å². The molecule has 63 heavy (non-hydrogen) atoms. The zero-order chi connectivity index (χ0) is 45.1. The number of methoxy groups -OCH3 is 1. The fourth-order valence-electron chi connectivity index (χ4n) is 8.25. The summed E-state index contributed by atoms with van der Waals surface area (Å²) in [7, 11) is 1.31. The number of benzene rings is 4. The number of aromatic nitrogens is 2. The maximum atomic E-state index is 13.5. The molecule has 4 aromatic carbocycles. The quantitative estimate of drug-likeness (QED) is 0.144. The van der Waals surface area contributed by atoms with Crippen LogP contribution < -0.4 is 20.6 Å². The predicted octanol–water partition coefficient (Wildman–Crippen LogP) is 7.08. The Bertz CT molecular complexity index is 2720. The Balaban J connectivity index is 0.000000189. The molecule has 12 heteroatoms. The van der Waals surface area contributed by atoms with E-state index in [1.807, 2.05) is 66.7 Å². The second kappa shape index (κ2) is 18.3. The van der Waals surface area contributed by atoms with Gasteiger partial charge in [0.15, 0.2) is 0 Å². The molecule has 0 saturated heterocycles. The van der Waals surface area contributed by atoms with Crippen LogP contribution in [0.3, 0.4) is 0 Å². The van der Waals surface area contributed by atoms with Gasteiger partial charge in [0, 0.05) is 46.5 Å². The van der Waals surface area contributed by atoms with Gasteiger partial charge in [-0.3, -0.25) is 9.59 Å². The topological polar surface area (TPSA) is 156 Å². The number of aliphatic hydroxyl groups excluding tert-OH is 2. The molecule has 0 aliphatic carbocycles. The molecule has 4 heterocycles. The van der Waals surface area contributed by atoms with E-state index in [2.05, 4.69) is 0 Å². The van der Waals surface area contributed by atoms with Crippen molar-refractivity contribution in [1.29, 1.82) is 0 Å². The van der Waals surface area contributed by atoms with Gasteiger partial charge in [-0.2, -0.15) is 0 Å². The van der Waals surface area contributed by atoms with Crippen LogP contribution in [0.4, 0.5) is 0 Å². The second-order valence-electron chi connectivity index (χ2n) is 16.7. The van der Waals surface area contributed by atoms with Crippen molar-refractivity contribution in [3.05, 3.63) is 199 Å². The number of aliphatic hydroxyl groups is 2. The first kappa shape index (κ1) is 44.3. The van der Waals surface area contributed by atoms with Gasteiger partial charge in [-0.1, -0.05) is 72.8 Å². The third-order valence-corrected chi connectivity index (χ3v) is 11.6. The molecule has 2 N–H and O–H groups in total. The largest absolute Gasteiger partial charge is 0.485 e. The molecule has 326 valence electrons. The van der Waals surface area contributed by atoms with Gasteiger partial charge in [-0.05, 0) is 94.3 Å². The van der Waals surface area contributed by atoms with E-state index >= 15 is 0 Å². The summed E-state index contributed by atoms with van der Waals surface area (Å²) in [5.41, 5.74) is 2.56. The highest BCUT2D eigenvalue weighted by Crippen LogP contribution is 2.45. The van der Waals surface area contributed by atoms with E-state index in [1.165, 1.54) is 7.11 Å². The minimum atomic E-state index is -0.993. The van der Waals surface area contributed by atoms with Crippen molar-refractivity contribution in [2.24, 2.45) is 0 Å². The third-order valence-electron chi connectivity index (χ3n) is 11.6. The van der Waals surface area contributed by atoms with Gasteiger partial charge in [-0.25, -0.2) is 9.59 Å². The number of nitrogens with zero attached hydrogens (tertiary/aromatic N) is 2. The number of rotatable bonds is 9. The van der Waals surface area contributed by atoms with Crippen molar-refractivity contribution >= 4 is 11.9 Å². The zero-order valence-corrected chi connectivity index (χ0v) is 36.2.